The number of para-hydroxylation sites is 1. The zero-order valence-electron chi connectivity index (χ0n) is 17.7. The fraction of sp³-hybridized carbons (Fsp3) is 0.214. The molecule has 0 aromatic heterocycles. The number of hydrogen-bond acceptors (Lipinski definition) is 2. The average Bonchev–Trinajstić information content (AvgIpc) is 2.97. The Bertz CT molecular complexity index is 1030. The van der Waals surface area contributed by atoms with Crippen molar-refractivity contribution in [3.8, 4) is 5.75 Å². The first-order valence-corrected chi connectivity index (χ1v) is 10.9. The van der Waals surface area contributed by atoms with Crippen LogP contribution >= 0.6 is 12.4 Å². The molecular formula is C28H28ClNO. The van der Waals surface area contributed by atoms with Gasteiger partial charge in [0.2, 0.25) is 0 Å². The molecule has 1 aliphatic carbocycles. The van der Waals surface area contributed by atoms with Crippen LogP contribution in [0.15, 0.2) is 84.4 Å². The highest BCUT2D eigenvalue weighted by atomic mass is 35.5. The largest absolute Gasteiger partial charge is 0.492 e. The summed E-state index contributed by atoms with van der Waals surface area (Å²) in [6.45, 7) is 3.90. The predicted octanol–water partition coefficient (Wildman–Crippen LogP) is 6.57. The third-order valence-corrected chi connectivity index (χ3v) is 6.14. The molecule has 31 heavy (non-hydrogen) atoms. The molecule has 0 bridgehead atoms. The fourth-order valence-corrected chi connectivity index (χ4v) is 4.55. The van der Waals surface area contributed by atoms with E-state index in [1.807, 2.05) is 30.3 Å². The number of benzene rings is 3. The van der Waals surface area contributed by atoms with Crippen molar-refractivity contribution in [3.05, 3.63) is 107 Å². The SMILES string of the molecule is C1=Cc2ccccc2C(=C2CCN(CCOc3ccccc3)CC2)c2ccccc21.Cl. The number of piperidine rings is 1. The molecule has 0 unspecified atom stereocenters. The Labute approximate surface area is 191 Å². The maximum atomic E-state index is 5.90. The normalized spacial score (nSPS) is 15.5. The highest BCUT2D eigenvalue weighted by Crippen LogP contribution is 2.38. The number of nitrogens with zero attached hydrogens (tertiary/aromatic N) is 1. The van der Waals surface area contributed by atoms with Gasteiger partial charge in [-0.3, -0.25) is 4.90 Å². The molecule has 0 amide bonds. The summed E-state index contributed by atoms with van der Waals surface area (Å²) in [5, 5.41) is 0. The van der Waals surface area contributed by atoms with Crippen LogP contribution in [-0.4, -0.2) is 31.1 Å². The number of likely N-dealkylation sites (tertiary alicyclic amines) is 1. The minimum atomic E-state index is 0. The topological polar surface area (TPSA) is 12.5 Å². The Hall–Kier alpha value is -2.81. The molecule has 3 heteroatoms. The number of hydrogen-bond donors (Lipinski definition) is 0. The highest BCUT2D eigenvalue weighted by molar-refractivity contribution is 5.94. The quantitative estimate of drug-likeness (QED) is 0.363. The van der Waals surface area contributed by atoms with Crippen molar-refractivity contribution in [2.75, 3.05) is 26.2 Å². The maximum Gasteiger partial charge on any atom is 0.119 e. The van der Waals surface area contributed by atoms with Crippen LogP contribution in [0.1, 0.15) is 35.1 Å². The predicted molar refractivity (Wildman–Crippen MR) is 133 cm³/mol. The van der Waals surface area contributed by atoms with E-state index in [0.717, 1.165) is 44.8 Å². The van der Waals surface area contributed by atoms with E-state index in [1.165, 1.54) is 27.8 Å². The van der Waals surface area contributed by atoms with Gasteiger partial charge in [-0.25, -0.2) is 0 Å². The Kier molecular flexibility index (Phi) is 6.91. The summed E-state index contributed by atoms with van der Waals surface area (Å²) in [5.74, 6) is 0.955. The highest BCUT2D eigenvalue weighted by Gasteiger charge is 2.22. The van der Waals surface area contributed by atoms with Crippen LogP contribution in [0.25, 0.3) is 17.7 Å². The molecule has 2 nitrogen and oxygen atoms in total. The minimum absolute atomic E-state index is 0. The van der Waals surface area contributed by atoms with Crippen LogP contribution in [0.5, 0.6) is 5.75 Å². The number of halogens is 1. The molecule has 1 aliphatic heterocycles. The van der Waals surface area contributed by atoms with Gasteiger partial charge in [0.25, 0.3) is 0 Å². The Morgan fingerprint density at radius 3 is 1.84 bits per heavy atom. The molecule has 0 atom stereocenters. The van der Waals surface area contributed by atoms with Crippen molar-refractivity contribution < 1.29 is 4.74 Å². The van der Waals surface area contributed by atoms with Crippen molar-refractivity contribution in [2.45, 2.75) is 12.8 Å². The first kappa shape index (κ1) is 21.4. The molecule has 2 aliphatic rings. The van der Waals surface area contributed by atoms with E-state index >= 15 is 0 Å². The lowest BCUT2D eigenvalue weighted by Crippen LogP contribution is -2.34. The van der Waals surface area contributed by atoms with Gasteiger partial charge in [0.15, 0.2) is 0 Å². The summed E-state index contributed by atoms with van der Waals surface area (Å²) in [5.41, 5.74) is 8.40. The van der Waals surface area contributed by atoms with E-state index in [-0.39, 0.29) is 12.4 Å². The van der Waals surface area contributed by atoms with Gasteiger partial charge in [-0.15, -0.1) is 12.4 Å². The van der Waals surface area contributed by atoms with Gasteiger partial charge >= 0.3 is 0 Å². The lowest BCUT2D eigenvalue weighted by atomic mass is 9.86. The van der Waals surface area contributed by atoms with Crippen molar-refractivity contribution in [2.24, 2.45) is 0 Å². The maximum absolute atomic E-state index is 5.90. The molecule has 1 saturated heterocycles. The lowest BCUT2D eigenvalue weighted by Gasteiger charge is -2.30. The van der Waals surface area contributed by atoms with Gasteiger partial charge in [-0.1, -0.05) is 84.5 Å². The number of fused-ring (bicyclic) bond motifs is 2. The van der Waals surface area contributed by atoms with Crippen LogP contribution in [0.4, 0.5) is 0 Å². The van der Waals surface area contributed by atoms with Crippen molar-refractivity contribution in [1.29, 1.82) is 0 Å². The van der Waals surface area contributed by atoms with Crippen molar-refractivity contribution in [3.63, 3.8) is 0 Å². The van der Waals surface area contributed by atoms with Gasteiger partial charge < -0.3 is 4.74 Å². The molecular weight excluding hydrogens is 402 g/mol. The van der Waals surface area contributed by atoms with Crippen LogP contribution in [0.2, 0.25) is 0 Å². The second-order valence-corrected chi connectivity index (χ2v) is 7.99. The number of ether oxygens (including phenoxy) is 1. The van der Waals surface area contributed by atoms with Gasteiger partial charge in [0.05, 0.1) is 0 Å². The smallest absolute Gasteiger partial charge is 0.119 e. The molecule has 0 radical (unpaired) electrons. The molecule has 3 aromatic rings. The standard InChI is InChI=1S/C28H27NO.ClH/c1-2-10-25(11-3-1)30-21-20-29-18-16-24(17-19-29)28-26-12-6-4-8-22(26)14-15-23-9-5-7-13-27(23)28;/h1-15H,16-21H2;1H. The third-order valence-electron chi connectivity index (χ3n) is 6.14. The van der Waals surface area contributed by atoms with Gasteiger partial charge in [-0.2, -0.15) is 0 Å². The molecule has 1 fully saturated rings. The molecule has 158 valence electrons. The summed E-state index contributed by atoms with van der Waals surface area (Å²) < 4.78 is 5.90. The minimum Gasteiger partial charge on any atom is -0.492 e. The first-order chi connectivity index (χ1) is 14.9. The van der Waals surface area contributed by atoms with E-state index in [9.17, 15) is 0 Å². The van der Waals surface area contributed by atoms with E-state index < -0.39 is 0 Å². The van der Waals surface area contributed by atoms with Crippen LogP contribution < -0.4 is 4.74 Å². The molecule has 5 rings (SSSR count). The van der Waals surface area contributed by atoms with E-state index in [2.05, 4.69) is 65.6 Å². The monoisotopic (exact) mass is 429 g/mol. The summed E-state index contributed by atoms with van der Waals surface area (Å²) in [4.78, 5) is 2.53. The zero-order valence-corrected chi connectivity index (χ0v) is 18.5. The van der Waals surface area contributed by atoms with Crippen LogP contribution in [0, 0.1) is 0 Å². The summed E-state index contributed by atoms with van der Waals surface area (Å²) in [6.07, 6.45) is 6.75. The van der Waals surface area contributed by atoms with E-state index in [4.69, 9.17) is 4.74 Å². The molecule has 0 N–H and O–H groups in total. The number of rotatable bonds is 4. The van der Waals surface area contributed by atoms with E-state index in [0.29, 0.717) is 0 Å². The fourth-order valence-electron chi connectivity index (χ4n) is 4.55. The van der Waals surface area contributed by atoms with Crippen molar-refractivity contribution >= 4 is 30.1 Å². The first-order valence-electron chi connectivity index (χ1n) is 10.9. The Morgan fingerprint density at radius 2 is 1.23 bits per heavy atom. The zero-order chi connectivity index (χ0) is 20.2. The van der Waals surface area contributed by atoms with Gasteiger partial charge in [-0.05, 0) is 52.8 Å². The summed E-state index contributed by atoms with van der Waals surface area (Å²) >= 11 is 0. The molecule has 0 spiro atoms. The average molecular weight is 430 g/mol. The third kappa shape index (κ3) is 4.76. The molecule has 1 heterocycles. The molecule has 0 saturated carbocycles. The van der Waals surface area contributed by atoms with Crippen LogP contribution in [-0.2, 0) is 0 Å². The molecule has 3 aromatic carbocycles. The second kappa shape index (κ2) is 10.00. The second-order valence-electron chi connectivity index (χ2n) is 7.99. The summed E-state index contributed by atoms with van der Waals surface area (Å²) in [6, 6.07) is 27.7. The lowest BCUT2D eigenvalue weighted by molar-refractivity contribution is 0.199. The van der Waals surface area contributed by atoms with Crippen LogP contribution in [0.3, 0.4) is 0 Å². The summed E-state index contributed by atoms with van der Waals surface area (Å²) in [7, 11) is 0. The van der Waals surface area contributed by atoms with Gasteiger partial charge in [0.1, 0.15) is 12.4 Å². The Balaban J connectivity index is 0.00000231. The van der Waals surface area contributed by atoms with Gasteiger partial charge in [0, 0.05) is 19.6 Å². The Morgan fingerprint density at radius 1 is 0.677 bits per heavy atom. The van der Waals surface area contributed by atoms with E-state index in [1.54, 1.807) is 5.57 Å². The van der Waals surface area contributed by atoms with Crippen molar-refractivity contribution in [1.82, 2.24) is 4.90 Å².